The predicted molar refractivity (Wildman–Crippen MR) is 120 cm³/mol. The predicted octanol–water partition coefficient (Wildman–Crippen LogP) is 1.53. The molecule has 1 fully saturated rings. The molecule has 0 aromatic heterocycles. The average Bonchev–Trinajstić information content (AvgIpc) is 2.80. The Bertz CT molecular complexity index is 977. The Morgan fingerprint density at radius 1 is 1.03 bits per heavy atom. The van der Waals surface area contributed by atoms with Crippen LogP contribution >= 0.6 is 0 Å². The van der Waals surface area contributed by atoms with Gasteiger partial charge in [0.05, 0.1) is 25.3 Å². The van der Waals surface area contributed by atoms with Gasteiger partial charge in [-0.05, 0) is 35.9 Å². The molecule has 0 saturated carbocycles. The van der Waals surface area contributed by atoms with E-state index in [1.54, 1.807) is 24.3 Å². The van der Waals surface area contributed by atoms with E-state index in [1.165, 1.54) is 18.2 Å². The van der Waals surface area contributed by atoms with Crippen molar-refractivity contribution in [2.24, 2.45) is 5.73 Å². The molecule has 0 atom stereocenters. The normalized spacial score (nSPS) is 13.8. The standard InChI is InChI=1S/C23H27FN4O5/c24-19-6-3-17(14-20(19)27-22(30)7-8-28-9-11-32-12-10-28)26-23(31)15-33-18-4-1-16(2-5-18)13-21(25)29/h1-6,14H,7-13,15H2,(H2,25,29)(H,26,31)(H,27,30). The van der Waals surface area contributed by atoms with Gasteiger partial charge >= 0.3 is 0 Å². The van der Waals surface area contributed by atoms with Gasteiger partial charge in [0.1, 0.15) is 11.6 Å². The number of nitrogens with one attached hydrogen (secondary N) is 2. The Labute approximate surface area is 191 Å². The first-order valence-electron chi connectivity index (χ1n) is 10.6. The number of amides is 3. The lowest BCUT2D eigenvalue weighted by molar-refractivity contribution is -0.118. The second kappa shape index (κ2) is 11.9. The topological polar surface area (TPSA) is 123 Å². The van der Waals surface area contributed by atoms with Crippen molar-refractivity contribution in [3.8, 4) is 5.75 Å². The summed E-state index contributed by atoms with van der Waals surface area (Å²) in [4.78, 5) is 37.5. The molecule has 2 aromatic carbocycles. The lowest BCUT2D eigenvalue weighted by Gasteiger charge is -2.26. The molecule has 1 aliphatic rings. The Kier molecular flexibility index (Phi) is 8.73. The third-order valence-corrected chi connectivity index (χ3v) is 4.95. The number of benzene rings is 2. The van der Waals surface area contributed by atoms with Crippen molar-refractivity contribution in [1.29, 1.82) is 0 Å². The van der Waals surface area contributed by atoms with Gasteiger partial charge in [-0.15, -0.1) is 0 Å². The van der Waals surface area contributed by atoms with Crippen LogP contribution in [0.1, 0.15) is 12.0 Å². The SMILES string of the molecule is NC(=O)Cc1ccc(OCC(=O)Nc2ccc(F)c(NC(=O)CCN3CCOCC3)c2)cc1. The first-order valence-corrected chi connectivity index (χ1v) is 10.6. The number of nitrogens with two attached hydrogens (primary N) is 1. The van der Waals surface area contributed by atoms with E-state index < -0.39 is 17.6 Å². The van der Waals surface area contributed by atoms with E-state index in [4.69, 9.17) is 15.2 Å². The number of carbonyl (C=O) groups is 3. The number of hydrogen-bond donors (Lipinski definition) is 3. The zero-order valence-electron chi connectivity index (χ0n) is 18.1. The molecule has 9 nitrogen and oxygen atoms in total. The Morgan fingerprint density at radius 3 is 2.45 bits per heavy atom. The molecule has 1 heterocycles. The lowest BCUT2D eigenvalue weighted by atomic mass is 10.1. The van der Waals surface area contributed by atoms with Gasteiger partial charge in [-0.2, -0.15) is 0 Å². The number of hydrogen-bond acceptors (Lipinski definition) is 6. The molecular formula is C23H27FN4O5. The number of carbonyl (C=O) groups excluding carboxylic acids is 3. The zero-order chi connectivity index (χ0) is 23.6. The Balaban J connectivity index is 1.47. The van der Waals surface area contributed by atoms with E-state index in [-0.39, 0.29) is 31.0 Å². The summed E-state index contributed by atoms with van der Waals surface area (Å²) in [5, 5.41) is 5.16. The molecule has 0 radical (unpaired) electrons. The third kappa shape index (κ3) is 8.17. The molecule has 10 heteroatoms. The summed E-state index contributed by atoms with van der Waals surface area (Å²) >= 11 is 0. The van der Waals surface area contributed by atoms with Gasteiger partial charge in [-0.25, -0.2) is 4.39 Å². The minimum Gasteiger partial charge on any atom is -0.484 e. The summed E-state index contributed by atoms with van der Waals surface area (Å²) in [6, 6.07) is 10.6. The van der Waals surface area contributed by atoms with E-state index in [0.29, 0.717) is 31.2 Å². The third-order valence-electron chi connectivity index (χ3n) is 4.95. The first-order chi connectivity index (χ1) is 15.9. The smallest absolute Gasteiger partial charge is 0.262 e. The molecule has 3 rings (SSSR count). The van der Waals surface area contributed by atoms with E-state index in [2.05, 4.69) is 15.5 Å². The maximum Gasteiger partial charge on any atom is 0.262 e. The number of rotatable bonds is 10. The zero-order valence-corrected chi connectivity index (χ0v) is 18.1. The number of halogens is 1. The number of ether oxygens (including phenoxy) is 2. The first kappa shape index (κ1) is 24.1. The van der Waals surface area contributed by atoms with Crippen molar-refractivity contribution < 1.29 is 28.2 Å². The molecule has 0 unspecified atom stereocenters. The molecule has 0 bridgehead atoms. The summed E-state index contributed by atoms with van der Waals surface area (Å²) in [6.07, 6.45) is 0.347. The fourth-order valence-corrected chi connectivity index (χ4v) is 3.25. The van der Waals surface area contributed by atoms with E-state index in [1.807, 2.05) is 0 Å². The van der Waals surface area contributed by atoms with Crippen LogP contribution in [0.4, 0.5) is 15.8 Å². The maximum absolute atomic E-state index is 14.1. The van der Waals surface area contributed by atoms with Crippen LogP contribution in [0.15, 0.2) is 42.5 Å². The molecule has 0 spiro atoms. The van der Waals surface area contributed by atoms with Crippen LogP contribution in [0.2, 0.25) is 0 Å². The van der Waals surface area contributed by atoms with Crippen molar-refractivity contribution in [3.63, 3.8) is 0 Å². The van der Waals surface area contributed by atoms with Crippen molar-refractivity contribution >= 4 is 29.1 Å². The lowest BCUT2D eigenvalue weighted by Crippen LogP contribution is -2.38. The Morgan fingerprint density at radius 2 is 1.76 bits per heavy atom. The largest absolute Gasteiger partial charge is 0.484 e. The Hall–Kier alpha value is -3.50. The minimum absolute atomic E-state index is 0.00858. The highest BCUT2D eigenvalue weighted by Gasteiger charge is 2.14. The monoisotopic (exact) mass is 458 g/mol. The highest BCUT2D eigenvalue weighted by Crippen LogP contribution is 2.20. The highest BCUT2D eigenvalue weighted by molar-refractivity contribution is 5.94. The van der Waals surface area contributed by atoms with Crippen LogP contribution in [0.25, 0.3) is 0 Å². The summed E-state index contributed by atoms with van der Waals surface area (Å²) in [6.45, 7) is 3.11. The van der Waals surface area contributed by atoms with Gasteiger partial charge < -0.3 is 25.8 Å². The maximum atomic E-state index is 14.1. The van der Waals surface area contributed by atoms with Gasteiger partial charge in [0.25, 0.3) is 5.91 Å². The van der Waals surface area contributed by atoms with Crippen molar-refractivity contribution in [3.05, 3.63) is 53.8 Å². The second-order valence-electron chi connectivity index (χ2n) is 7.57. The summed E-state index contributed by atoms with van der Waals surface area (Å²) in [5.74, 6) is -1.35. The van der Waals surface area contributed by atoms with E-state index in [0.717, 1.165) is 18.7 Å². The summed E-state index contributed by atoms with van der Waals surface area (Å²) in [5.41, 5.74) is 6.21. The molecule has 176 valence electrons. The van der Waals surface area contributed by atoms with Gasteiger partial charge in [-0.3, -0.25) is 19.3 Å². The fourth-order valence-electron chi connectivity index (χ4n) is 3.25. The quantitative estimate of drug-likeness (QED) is 0.496. The van der Waals surface area contributed by atoms with Crippen molar-refractivity contribution in [2.45, 2.75) is 12.8 Å². The molecule has 2 aromatic rings. The average molecular weight is 458 g/mol. The minimum atomic E-state index is -0.597. The summed E-state index contributed by atoms with van der Waals surface area (Å²) in [7, 11) is 0. The molecule has 33 heavy (non-hydrogen) atoms. The van der Waals surface area contributed by atoms with Gasteiger partial charge in [0.2, 0.25) is 11.8 Å². The fraction of sp³-hybridized carbons (Fsp3) is 0.348. The van der Waals surface area contributed by atoms with Gasteiger partial charge in [-0.1, -0.05) is 12.1 Å². The summed E-state index contributed by atoms with van der Waals surface area (Å²) < 4.78 is 24.8. The number of anilines is 2. The second-order valence-corrected chi connectivity index (χ2v) is 7.57. The van der Waals surface area contributed by atoms with Crippen LogP contribution in [0, 0.1) is 5.82 Å². The molecule has 3 amide bonds. The van der Waals surface area contributed by atoms with Crippen LogP contribution in [-0.2, 0) is 25.5 Å². The van der Waals surface area contributed by atoms with E-state index in [9.17, 15) is 18.8 Å². The van der Waals surface area contributed by atoms with Gasteiger partial charge in [0.15, 0.2) is 6.61 Å². The molecular weight excluding hydrogens is 431 g/mol. The van der Waals surface area contributed by atoms with Gasteiger partial charge in [0, 0.05) is 31.7 Å². The van der Waals surface area contributed by atoms with Crippen LogP contribution in [0.3, 0.4) is 0 Å². The van der Waals surface area contributed by atoms with Crippen LogP contribution in [-0.4, -0.2) is 62.1 Å². The van der Waals surface area contributed by atoms with Crippen molar-refractivity contribution in [2.75, 3.05) is 50.1 Å². The highest BCUT2D eigenvalue weighted by atomic mass is 19.1. The number of primary amides is 1. The molecule has 1 aliphatic heterocycles. The number of nitrogens with zero attached hydrogens (tertiary/aromatic N) is 1. The van der Waals surface area contributed by atoms with Crippen molar-refractivity contribution in [1.82, 2.24) is 4.90 Å². The van der Waals surface area contributed by atoms with Crippen LogP contribution in [0.5, 0.6) is 5.75 Å². The van der Waals surface area contributed by atoms with Crippen LogP contribution < -0.4 is 21.1 Å². The number of morpholine rings is 1. The molecule has 1 saturated heterocycles. The molecule has 0 aliphatic carbocycles. The van der Waals surface area contributed by atoms with E-state index >= 15 is 0 Å². The molecule has 4 N–H and O–H groups in total.